The van der Waals surface area contributed by atoms with Gasteiger partial charge in [0.05, 0.1) is 9.77 Å². The molecule has 6 heteroatoms. The summed E-state index contributed by atoms with van der Waals surface area (Å²) in [6.07, 6.45) is 5.03. The number of aromatic nitrogens is 3. The molecule has 0 amide bonds. The Bertz CT molecular complexity index is 553. The Kier molecular flexibility index (Phi) is 4.87. The van der Waals surface area contributed by atoms with Crippen molar-refractivity contribution in [3.63, 3.8) is 0 Å². The van der Waals surface area contributed by atoms with Crippen molar-refractivity contribution in [1.82, 2.24) is 20.1 Å². The fourth-order valence-electron chi connectivity index (χ4n) is 1.68. The van der Waals surface area contributed by atoms with Crippen molar-refractivity contribution in [2.24, 2.45) is 5.92 Å². The molecule has 2 rings (SSSR count). The van der Waals surface area contributed by atoms with Crippen LogP contribution in [0.4, 0.5) is 4.39 Å². The molecule has 0 atom stereocenters. The van der Waals surface area contributed by atoms with Crippen molar-refractivity contribution in [2.75, 3.05) is 6.54 Å². The maximum atomic E-state index is 14.3. The number of hydrogen-bond donors (Lipinski definition) is 1. The van der Waals surface area contributed by atoms with Crippen LogP contribution in [0.3, 0.4) is 0 Å². The van der Waals surface area contributed by atoms with Gasteiger partial charge in [0, 0.05) is 24.5 Å². The predicted molar refractivity (Wildman–Crippen MR) is 80.6 cm³/mol. The summed E-state index contributed by atoms with van der Waals surface area (Å²) in [5, 5.41) is 7.31. The Hall–Kier alpha value is -1.02. The highest BCUT2D eigenvalue weighted by Crippen LogP contribution is 2.15. The van der Waals surface area contributed by atoms with Gasteiger partial charge >= 0.3 is 0 Å². The number of hydrogen-bond acceptors (Lipinski definition) is 3. The van der Waals surface area contributed by atoms with Crippen molar-refractivity contribution >= 4 is 22.6 Å². The van der Waals surface area contributed by atoms with E-state index in [1.54, 1.807) is 24.7 Å². The van der Waals surface area contributed by atoms with Crippen molar-refractivity contribution < 1.29 is 4.39 Å². The van der Waals surface area contributed by atoms with Gasteiger partial charge in [-0.1, -0.05) is 13.8 Å². The van der Waals surface area contributed by atoms with Gasteiger partial charge in [-0.15, -0.1) is 0 Å². The zero-order valence-corrected chi connectivity index (χ0v) is 13.1. The topological polar surface area (TPSA) is 42.7 Å². The molecule has 0 saturated heterocycles. The Balaban J connectivity index is 2.18. The number of nitrogens with one attached hydrogen (secondary N) is 1. The van der Waals surface area contributed by atoms with Crippen molar-refractivity contribution in [3.05, 3.63) is 39.6 Å². The van der Waals surface area contributed by atoms with E-state index in [4.69, 9.17) is 0 Å². The van der Waals surface area contributed by atoms with Crippen LogP contribution in [-0.4, -0.2) is 21.3 Å². The molecule has 0 fully saturated rings. The largest absolute Gasteiger partial charge is 0.312 e. The summed E-state index contributed by atoms with van der Waals surface area (Å²) >= 11 is 2.13. The molecular weight excluding hydrogens is 358 g/mol. The normalized spacial score (nSPS) is 11.2. The van der Waals surface area contributed by atoms with Crippen LogP contribution < -0.4 is 5.32 Å². The first kappa shape index (κ1) is 14.4. The van der Waals surface area contributed by atoms with Gasteiger partial charge < -0.3 is 5.32 Å². The lowest BCUT2D eigenvalue weighted by atomic mass is 10.2. The van der Waals surface area contributed by atoms with Crippen LogP contribution in [0.1, 0.15) is 19.4 Å². The molecule has 0 spiro atoms. The fraction of sp³-hybridized carbons (Fsp3) is 0.385. The lowest BCUT2D eigenvalue weighted by Crippen LogP contribution is -2.20. The monoisotopic (exact) mass is 374 g/mol. The van der Waals surface area contributed by atoms with Gasteiger partial charge in [-0.2, -0.15) is 5.10 Å². The third-order valence-corrected chi connectivity index (χ3v) is 3.14. The van der Waals surface area contributed by atoms with Gasteiger partial charge in [-0.3, -0.25) is 0 Å². The lowest BCUT2D eigenvalue weighted by molar-refractivity contribution is 0.529. The van der Waals surface area contributed by atoms with E-state index in [1.807, 2.05) is 0 Å². The van der Waals surface area contributed by atoms with E-state index in [0.717, 1.165) is 10.1 Å². The minimum absolute atomic E-state index is 0.242. The standard InChI is InChI=1S/C13H16FIN4/c1-9(2)5-16-6-10-3-4-17-13(12(10)14)19-8-11(15)7-18-19/h3-4,7-9,16H,5-6H2,1-2H3. The maximum Gasteiger partial charge on any atom is 0.190 e. The van der Waals surface area contributed by atoms with E-state index in [-0.39, 0.29) is 11.6 Å². The van der Waals surface area contributed by atoms with Crippen molar-refractivity contribution in [1.29, 1.82) is 0 Å². The lowest BCUT2D eigenvalue weighted by Gasteiger charge is -2.10. The van der Waals surface area contributed by atoms with Crippen LogP contribution in [0, 0.1) is 15.3 Å². The van der Waals surface area contributed by atoms with Gasteiger partial charge in [0.1, 0.15) is 0 Å². The van der Waals surface area contributed by atoms with Gasteiger partial charge in [0.2, 0.25) is 0 Å². The zero-order valence-electron chi connectivity index (χ0n) is 10.9. The van der Waals surface area contributed by atoms with E-state index in [0.29, 0.717) is 18.0 Å². The van der Waals surface area contributed by atoms with E-state index in [9.17, 15) is 4.39 Å². The minimum atomic E-state index is -0.321. The van der Waals surface area contributed by atoms with E-state index in [2.05, 4.69) is 51.8 Å². The molecule has 0 bridgehead atoms. The first-order valence-electron chi connectivity index (χ1n) is 6.12. The predicted octanol–water partition coefficient (Wildman–Crippen LogP) is 2.76. The highest BCUT2D eigenvalue weighted by molar-refractivity contribution is 14.1. The molecular formula is C13H16FIN4. The maximum absolute atomic E-state index is 14.3. The number of pyridine rings is 1. The van der Waals surface area contributed by atoms with Crippen LogP contribution in [0.5, 0.6) is 0 Å². The number of rotatable bonds is 5. The average Bonchev–Trinajstić information content (AvgIpc) is 2.77. The molecule has 0 radical (unpaired) electrons. The summed E-state index contributed by atoms with van der Waals surface area (Å²) in [4.78, 5) is 4.06. The van der Waals surface area contributed by atoms with Crippen LogP contribution in [0.2, 0.25) is 0 Å². The van der Waals surface area contributed by atoms with Crippen LogP contribution in [0.15, 0.2) is 24.7 Å². The molecule has 4 nitrogen and oxygen atoms in total. The second-order valence-corrected chi connectivity index (χ2v) is 5.98. The third kappa shape index (κ3) is 3.73. The first-order chi connectivity index (χ1) is 9.08. The third-order valence-electron chi connectivity index (χ3n) is 2.59. The summed E-state index contributed by atoms with van der Waals surface area (Å²) in [7, 11) is 0. The van der Waals surface area contributed by atoms with Gasteiger partial charge in [-0.25, -0.2) is 14.1 Å². The number of nitrogens with zero attached hydrogens (tertiary/aromatic N) is 3. The molecule has 1 N–H and O–H groups in total. The fourth-order valence-corrected chi connectivity index (χ4v) is 2.07. The summed E-state index contributed by atoms with van der Waals surface area (Å²) < 4.78 is 16.7. The van der Waals surface area contributed by atoms with E-state index >= 15 is 0 Å². The Morgan fingerprint density at radius 3 is 2.89 bits per heavy atom. The quantitative estimate of drug-likeness (QED) is 0.819. The molecule has 0 aliphatic carbocycles. The Labute approximate surface area is 125 Å². The van der Waals surface area contributed by atoms with E-state index in [1.165, 1.54) is 4.68 Å². The smallest absolute Gasteiger partial charge is 0.190 e. The Morgan fingerprint density at radius 1 is 1.47 bits per heavy atom. The SMILES string of the molecule is CC(C)CNCc1ccnc(-n2cc(I)cn2)c1F. The second-order valence-electron chi connectivity index (χ2n) is 4.74. The van der Waals surface area contributed by atoms with Crippen molar-refractivity contribution in [2.45, 2.75) is 20.4 Å². The highest BCUT2D eigenvalue weighted by atomic mass is 127. The molecule has 2 aromatic heterocycles. The molecule has 2 heterocycles. The molecule has 2 aromatic rings. The van der Waals surface area contributed by atoms with Crippen LogP contribution in [-0.2, 0) is 6.54 Å². The molecule has 0 aliphatic heterocycles. The van der Waals surface area contributed by atoms with Gasteiger partial charge in [-0.05, 0) is 41.1 Å². The molecule has 0 aliphatic rings. The zero-order chi connectivity index (χ0) is 13.8. The number of halogens is 2. The molecule has 0 unspecified atom stereocenters. The minimum Gasteiger partial charge on any atom is -0.312 e. The summed E-state index contributed by atoms with van der Waals surface area (Å²) in [5.74, 6) is 0.460. The molecule has 102 valence electrons. The Morgan fingerprint density at radius 2 is 2.26 bits per heavy atom. The summed E-state index contributed by atoms with van der Waals surface area (Å²) in [5.41, 5.74) is 0.608. The first-order valence-corrected chi connectivity index (χ1v) is 7.20. The van der Waals surface area contributed by atoms with Gasteiger partial charge in [0.25, 0.3) is 0 Å². The van der Waals surface area contributed by atoms with Gasteiger partial charge in [0.15, 0.2) is 11.6 Å². The molecule has 0 aromatic carbocycles. The highest BCUT2D eigenvalue weighted by Gasteiger charge is 2.12. The average molecular weight is 374 g/mol. The summed E-state index contributed by atoms with van der Waals surface area (Å²) in [6.45, 7) is 5.59. The van der Waals surface area contributed by atoms with Crippen molar-refractivity contribution in [3.8, 4) is 5.82 Å². The molecule has 0 saturated carbocycles. The van der Waals surface area contributed by atoms with Crippen LogP contribution in [0.25, 0.3) is 5.82 Å². The molecule has 19 heavy (non-hydrogen) atoms. The second kappa shape index (κ2) is 6.42. The van der Waals surface area contributed by atoms with Crippen LogP contribution >= 0.6 is 22.6 Å². The van der Waals surface area contributed by atoms with E-state index < -0.39 is 0 Å². The summed E-state index contributed by atoms with van der Waals surface area (Å²) in [6, 6.07) is 1.70.